The highest BCUT2D eigenvalue weighted by Crippen LogP contribution is 2.27. The fourth-order valence-corrected chi connectivity index (χ4v) is 1.78. The Morgan fingerprint density at radius 2 is 2.00 bits per heavy atom. The molecular formula is C14H21ClIN3O. The highest BCUT2D eigenvalue weighted by atomic mass is 127. The van der Waals surface area contributed by atoms with Crippen molar-refractivity contribution in [2.45, 2.75) is 12.8 Å². The molecule has 112 valence electrons. The second-order valence-electron chi connectivity index (χ2n) is 4.63. The van der Waals surface area contributed by atoms with Crippen molar-refractivity contribution in [1.82, 2.24) is 10.6 Å². The summed E-state index contributed by atoms with van der Waals surface area (Å²) in [4.78, 5) is 4.17. The molecule has 1 aromatic rings. The van der Waals surface area contributed by atoms with Crippen molar-refractivity contribution in [3.63, 3.8) is 0 Å². The molecule has 0 bridgehead atoms. The molecule has 0 radical (unpaired) electrons. The van der Waals surface area contributed by atoms with Gasteiger partial charge in [-0.25, -0.2) is 0 Å². The van der Waals surface area contributed by atoms with Gasteiger partial charge in [0.15, 0.2) is 5.96 Å². The van der Waals surface area contributed by atoms with Crippen molar-refractivity contribution >= 4 is 41.5 Å². The molecule has 0 aliphatic heterocycles. The fraction of sp³-hybridized carbons (Fsp3) is 0.500. The third kappa shape index (κ3) is 6.65. The van der Waals surface area contributed by atoms with Crippen LogP contribution in [0.3, 0.4) is 0 Å². The average molecular weight is 410 g/mol. The zero-order valence-corrected chi connectivity index (χ0v) is 14.7. The normalized spacial score (nSPS) is 14.4. The maximum absolute atomic E-state index is 5.81. The highest BCUT2D eigenvalue weighted by molar-refractivity contribution is 14.0. The van der Waals surface area contributed by atoms with Crippen LogP contribution in [0.25, 0.3) is 0 Å². The lowest BCUT2D eigenvalue weighted by atomic mass is 10.3. The summed E-state index contributed by atoms with van der Waals surface area (Å²) in [6.07, 6.45) is 2.67. The van der Waals surface area contributed by atoms with Gasteiger partial charge in [0.1, 0.15) is 12.4 Å². The fourth-order valence-electron chi connectivity index (χ4n) is 1.65. The Bertz CT molecular complexity index is 421. The van der Waals surface area contributed by atoms with Crippen LogP contribution in [0.5, 0.6) is 5.75 Å². The number of nitrogens with zero attached hydrogens (tertiary/aromatic N) is 1. The predicted octanol–water partition coefficient (Wildman–Crippen LogP) is 2.91. The third-order valence-corrected chi connectivity index (χ3v) is 3.21. The van der Waals surface area contributed by atoms with E-state index in [9.17, 15) is 0 Å². The molecule has 6 heteroatoms. The summed E-state index contributed by atoms with van der Waals surface area (Å²) < 4.78 is 5.59. The van der Waals surface area contributed by atoms with E-state index in [1.165, 1.54) is 12.8 Å². The highest BCUT2D eigenvalue weighted by Gasteiger charge is 2.20. The van der Waals surface area contributed by atoms with E-state index in [1.54, 1.807) is 7.05 Å². The summed E-state index contributed by atoms with van der Waals surface area (Å²) >= 11 is 5.81. The first-order valence-electron chi connectivity index (χ1n) is 6.61. The van der Waals surface area contributed by atoms with Gasteiger partial charge in [-0.2, -0.15) is 0 Å². The Morgan fingerprint density at radius 1 is 1.30 bits per heavy atom. The average Bonchev–Trinajstić information content (AvgIpc) is 3.24. The van der Waals surface area contributed by atoms with Crippen LogP contribution in [0.15, 0.2) is 29.3 Å². The van der Waals surface area contributed by atoms with Crippen molar-refractivity contribution in [3.8, 4) is 5.75 Å². The number of hydrogen-bond acceptors (Lipinski definition) is 2. The Balaban J connectivity index is 0.00000200. The topological polar surface area (TPSA) is 45.7 Å². The summed E-state index contributed by atoms with van der Waals surface area (Å²) in [5.74, 6) is 2.50. The summed E-state index contributed by atoms with van der Waals surface area (Å²) in [6.45, 7) is 2.32. The van der Waals surface area contributed by atoms with Crippen molar-refractivity contribution in [2.24, 2.45) is 10.9 Å². The first kappa shape index (κ1) is 17.4. The standard InChI is InChI=1S/C14H20ClN3O.HI/c1-16-14(18-10-11-2-3-11)17-8-9-19-13-6-4-12(15)5-7-13;/h4-7,11H,2-3,8-10H2,1H3,(H2,16,17,18);1H. The predicted molar refractivity (Wildman–Crippen MR) is 94.5 cm³/mol. The van der Waals surface area contributed by atoms with E-state index in [-0.39, 0.29) is 24.0 Å². The quantitative estimate of drug-likeness (QED) is 0.329. The number of hydrogen-bond donors (Lipinski definition) is 2. The van der Waals surface area contributed by atoms with Gasteiger partial charge < -0.3 is 15.4 Å². The van der Waals surface area contributed by atoms with Gasteiger partial charge in [0.25, 0.3) is 0 Å². The maximum atomic E-state index is 5.81. The van der Waals surface area contributed by atoms with Crippen molar-refractivity contribution in [3.05, 3.63) is 29.3 Å². The molecule has 1 fully saturated rings. The van der Waals surface area contributed by atoms with Gasteiger partial charge in [0, 0.05) is 18.6 Å². The number of benzene rings is 1. The van der Waals surface area contributed by atoms with Crippen LogP contribution in [-0.2, 0) is 0 Å². The number of guanidine groups is 1. The molecule has 1 aliphatic carbocycles. The van der Waals surface area contributed by atoms with Crippen LogP contribution in [0.2, 0.25) is 5.02 Å². The van der Waals surface area contributed by atoms with E-state index in [4.69, 9.17) is 16.3 Å². The molecule has 0 amide bonds. The molecule has 20 heavy (non-hydrogen) atoms. The molecule has 1 aliphatic rings. The number of halogens is 2. The smallest absolute Gasteiger partial charge is 0.191 e. The molecule has 1 aromatic carbocycles. The van der Waals surface area contributed by atoms with Crippen LogP contribution < -0.4 is 15.4 Å². The molecule has 0 atom stereocenters. The van der Waals surface area contributed by atoms with Crippen molar-refractivity contribution in [1.29, 1.82) is 0 Å². The Kier molecular flexibility index (Phi) is 8.06. The van der Waals surface area contributed by atoms with E-state index in [0.717, 1.165) is 29.2 Å². The first-order valence-corrected chi connectivity index (χ1v) is 6.98. The van der Waals surface area contributed by atoms with Gasteiger partial charge in [0.05, 0.1) is 6.54 Å². The summed E-state index contributed by atoms with van der Waals surface area (Å²) in [5.41, 5.74) is 0. The van der Waals surface area contributed by atoms with Crippen LogP contribution in [-0.4, -0.2) is 32.7 Å². The van der Waals surface area contributed by atoms with E-state index < -0.39 is 0 Å². The maximum Gasteiger partial charge on any atom is 0.191 e. The lowest BCUT2D eigenvalue weighted by Gasteiger charge is -2.12. The van der Waals surface area contributed by atoms with Gasteiger partial charge >= 0.3 is 0 Å². The molecule has 1 saturated carbocycles. The summed E-state index contributed by atoms with van der Waals surface area (Å²) in [6, 6.07) is 7.37. The van der Waals surface area contributed by atoms with Gasteiger partial charge in [-0.3, -0.25) is 4.99 Å². The van der Waals surface area contributed by atoms with Crippen molar-refractivity contribution < 1.29 is 4.74 Å². The van der Waals surface area contributed by atoms with Gasteiger partial charge in [0.2, 0.25) is 0 Å². The molecule has 0 saturated heterocycles. The zero-order chi connectivity index (χ0) is 13.5. The van der Waals surface area contributed by atoms with Gasteiger partial charge in [-0.15, -0.1) is 24.0 Å². The second kappa shape index (κ2) is 9.28. The second-order valence-corrected chi connectivity index (χ2v) is 5.06. The number of rotatable bonds is 6. The first-order chi connectivity index (χ1) is 9.28. The molecule has 2 N–H and O–H groups in total. The lowest BCUT2D eigenvalue weighted by Crippen LogP contribution is -2.40. The number of aliphatic imine (C=N–C) groups is 1. The van der Waals surface area contributed by atoms with Crippen LogP contribution in [0.1, 0.15) is 12.8 Å². The van der Waals surface area contributed by atoms with E-state index in [0.29, 0.717) is 13.2 Å². The number of ether oxygens (including phenoxy) is 1. The Hall–Kier alpha value is -0.690. The van der Waals surface area contributed by atoms with E-state index in [1.807, 2.05) is 24.3 Å². The minimum Gasteiger partial charge on any atom is -0.492 e. The Morgan fingerprint density at radius 3 is 2.60 bits per heavy atom. The van der Waals surface area contributed by atoms with E-state index in [2.05, 4.69) is 15.6 Å². The summed E-state index contributed by atoms with van der Waals surface area (Å²) in [5, 5.41) is 7.24. The minimum atomic E-state index is 0. The third-order valence-electron chi connectivity index (χ3n) is 2.96. The monoisotopic (exact) mass is 409 g/mol. The molecule has 2 rings (SSSR count). The van der Waals surface area contributed by atoms with Crippen LogP contribution in [0, 0.1) is 5.92 Å². The van der Waals surface area contributed by atoms with Crippen LogP contribution in [0.4, 0.5) is 0 Å². The molecule has 0 spiro atoms. The molecular weight excluding hydrogens is 389 g/mol. The number of nitrogens with one attached hydrogen (secondary N) is 2. The molecule has 4 nitrogen and oxygen atoms in total. The lowest BCUT2D eigenvalue weighted by molar-refractivity contribution is 0.322. The molecule has 0 aromatic heterocycles. The minimum absolute atomic E-state index is 0. The van der Waals surface area contributed by atoms with Gasteiger partial charge in [-0.05, 0) is 43.0 Å². The largest absolute Gasteiger partial charge is 0.492 e. The van der Waals surface area contributed by atoms with Gasteiger partial charge in [-0.1, -0.05) is 11.6 Å². The van der Waals surface area contributed by atoms with Crippen molar-refractivity contribution in [2.75, 3.05) is 26.7 Å². The molecule has 0 heterocycles. The zero-order valence-electron chi connectivity index (χ0n) is 11.6. The summed E-state index contributed by atoms with van der Waals surface area (Å²) in [7, 11) is 1.78. The molecule has 0 unspecified atom stereocenters. The van der Waals surface area contributed by atoms with E-state index >= 15 is 0 Å². The SMILES string of the molecule is CN=C(NCCOc1ccc(Cl)cc1)NCC1CC1.I. The Labute approximate surface area is 142 Å². The van der Waals surface area contributed by atoms with Crippen LogP contribution >= 0.6 is 35.6 Å².